The molecule has 1 aromatic heterocycles. The van der Waals surface area contributed by atoms with Gasteiger partial charge >= 0.3 is 0 Å². The average Bonchev–Trinajstić information content (AvgIpc) is 3.13. The monoisotopic (exact) mass is 276 g/mol. The maximum atomic E-state index is 12.2. The number of carbonyl (C=O) groups is 1. The second kappa shape index (κ2) is 6.44. The van der Waals surface area contributed by atoms with Gasteiger partial charge in [-0.3, -0.25) is 4.79 Å². The lowest BCUT2D eigenvalue weighted by Gasteiger charge is -2.34. The van der Waals surface area contributed by atoms with Crippen LogP contribution >= 0.6 is 0 Å². The van der Waals surface area contributed by atoms with Crippen molar-refractivity contribution in [3.05, 3.63) is 24.0 Å². The largest absolute Gasteiger partial charge is 0.373 e. The number of hydrogen-bond donors (Lipinski definition) is 2. The van der Waals surface area contributed by atoms with Crippen molar-refractivity contribution in [2.45, 2.75) is 69.6 Å². The summed E-state index contributed by atoms with van der Waals surface area (Å²) >= 11 is 0. The van der Waals surface area contributed by atoms with Crippen LogP contribution in [0.25, 0.3) is 0 Å². The van der Waals surface area contributed by atoms with E-state index in [4.69, 9.17) is 4.74 Å². The van der Waals surface area contributed by atoms with E-state index in [2.05, 4.69) is 10.3 Å². The van der Waals surface area contributed by atoms with E-state index in [0.29, 0.717) is 11.8 Å². The molecular formula is C16H24N2O2. The van der Waals surface area contributed by atoms with Crippen LogP contribution in [0.4, 0.5) is 0 Å². The third-order valence-corrected chi connectivity index (χ3v) is 4.53. The number of H-pyrrole nitrogens is 1. The second-order valence-electron chi connectivity index (χ2n) is 6.03. The summed E-state index contributed by atoms with van der Waals surface area (Å²) in [6, 6.07) is 3.83. The fourth-order valence-electron chi connectivity index (χ4n) is 3.41. The van der Waals surface area contributed by atoms with E-state index in [1.54, 1.807) is 6.20 Å². The normalized spacial score (nSPS) is 27.6. The predicted octanol–water partition coefficient (Wildman–Crippen LogP) is 3.01. The number of aromatic amines is 1. The lowest BCUT2D eigenvalue weighted by atomic mass is 9.92. The SMILES string of the molecule is O=C(NC1CCCCC1OC1CCCC1)c1ccc[nH]1. The predicted molar refractivity (Wildman–Crippen MR) is 77.6 cm³/mol. The fraction of sp³-hybridized carbons (Fsp3) is 0.688. The van der Waals surface area contributed by atoms with E-state index in [1.165, 1.54) is 38.5 Å². The van der Waals surface area contributed by atoms with Crippen molar-refractivity contribution in [3.63, 3.8) is 0 Å². The standard InChI is InChI=1S/C16H24N2O2/c19-16(14-9-5-11-17-14)18-13-8-3-4-10-15(13)20-12-6-1-2-7-12/h5,9,11-13,15,17H,1-4,6-8,10H2,(H,18,19). The van der Waals surface area contributed by atoms with E-state index < -0.39 is 0 Å². The highest BCUT2D eigenvalue weighted by molar-refractivity contribution is 5.92. The lowest BCUT2D eigenvalue weighted by Crippen LogP contribution is -2.47. The Bertz CT molecular complexity index is 424. The van der Waals surface area contributed by atoms with Gasteiger partial charge in [0.05, 0.1) is 18.2 Å². The molecule has 2 fully saturated rings. The summed E-state index contributed by atoms with van der Waals surface area (Å²) < 4.78 is 6.26. The van der Waals surface area contributed by atoms with E-state index in [0.717, 1.165) is 12.8 Å². The van der Waals surface area contributed by atoms with Crippen molar-refractivity contribution >= 4 is 5.91 Å². The summed E-state index contributed by atoms with van der Waals surface area (Å²) in [5, 5.41) is 3.15. The van der Waals surface area contributed by atoms with Crippen LogP contribution < -0.4 is 5.32 Å². The van der Waals surface area contributed by atoms with Crippen molar-refractivity contribution in [1.29, 1.82) is 0 Å². The number of amides is 1. The Balaban J connectivity index is 1.58. The minimum Gasteiger partial charge on any atom is -0.373 e. The van der Waals surface area contributed by atoms with Crippen molar-refractivity contribution in [1.82, 2.24) is 10.3 Å². The molecule has 2 atom stereocenters. The molecule has 1 amide bonds. The highest BCUT2D eigenvalue weighted by atomic mass is 16.5. The molecular weight excluding hydrogens is 252 g/mol. The summed E-state index contributed by atoms with van der Waals surface area (Å²) in [5.74, 6) is -0.0121. The van der Waals surface area contributed by atoms with Gasteiger partial charge in [-0.1, -0.05) is 25.7 Å². The van der Waals surface area contributed by atoms with Crippen LogP contribution in [0.5, 0.6) is 0 Å². The summed E-state index contributed by atoms with van der Waals surface area (Å²) in [6.45, 7) is 0. The number of carbonyl (C=O) groups excluding carboxylic acids is 1. The van der Waals surface area contributed by atoms with E-state index in [9.17, 15) is 4.79 Å². The van der Waals surface area contributed by atoms with Gasteiger partial charge in [-0.05, 0) is 37.8 Å². The van der Waals surface area contributed by atoms with Crippen LogP contribution in [-0.2, 0) is 4.74 Å². The highest BCUT2D eigenvalue weighted by Crippen LogP contribution is 2.28. The molecule has 3 rings (SSSR count). The van der Waals surface area contributed by atoms with Crippen LogP contribution in [-0.4, -0.2) is 29.1 Å². The summed E-state index contributed by atoms with van der Waals surface area (Å²) in [4.78, 5) is 15.1. The number of rotatable bonds is 4. The first-order valence-corrected chi connectivity index (χ1v) is 7.92. The van der Waals surface area contributed by atoms with Gasteiger partial charge < -0.3 is 15.0 Å². The summed E-state index contributed by atoms with van der Waals surface area (Å²) in [5.41, 5.74) is 0.634. The van der Waals surface area contributed by atoms with Crippen molar-refractivity contribution in [3.8, 4) is 0 Å². The summed E-state index contributed by atoms with van der Waals surface area (Å²) in [7, 11) is 0. The molecule has 2 unspecified atom stereocenters. The fourth-order valence-corrected chi connectivity index (χ4v) is 3.41. The minimum atomic E-state index is -0.0121. The Morgan fingerprint density at radius 3 is 2.65 bits per heavy atom. The van der Waals surface area contributed by atoms with E-state index in [-0.39, 0.29) is 18.1 Å². The van der Waals surface area contributed by atoms with Gasteiger partial charge in [-0.15, -0.1) is 0 Å². The molecule has 0 aliphatic heterocycles. The number of nitrogens with one attached hydrogen (secondary N) is 2. The molecule has 2 aliphatic rings. The first-order chi connectivity index (χ1) is 9.83. The number of hydrogen-bond acceptors (Lipinski definition) is 2. The number of aromatic nitrogens is 1. The van der Waals surface area contributed by atoms with Gasteiger partial charge in [-0.25, -0.2) is 0 Å². The van der Waals surface area contributed by atoms with Crippen LogP contribution in [0, 0.1) is 0 Å². The first-order valence-electron chi connectivity index (χ1n) is 7.92. The zero-order valence-electron chi connectivity index (χ0n) is 11.9. The Morgan fingerprint density at radius 1 is 1.15 bits per heavy atom. The van der Waals surface area contributed by atoms with Crippen LogP contribution in [0.1, 0.15) is 61.9 Å². The van der Waals surface area contributed by atoms with Gasteiger partial charge in [0.25, 0.3) is 5.91 Å². The molecule has 2 aliphatic carbocycles. The number of ether oxygens (including phenoxy) is 1. The van der Waals surface area contributed by atoms with E-state index >= 15 is 0 Å². The Morgan fingerprint density at radius 2 is 1.90 bits per heavy atom. The second-order valence-corrected chi connectivity index (χ2v) is 6.03. The molecule has 1 aromatic rings. The minimum absolute atomic E-state index is 0.0121. The van der Waals surface area contributed by atoms with Crippen molar-refractivity contribution in [2.24, 2.45) is 0 Å². The first kappa shape index (κ1) is 13.7. The topological polar surface area (TPSA) is 54.1 Å². The quantitative estimate of drug-likeness (QED) is 0.888. The van der Waals surface area contributed by atoms with Crippen molar-refractivity contribution < 1.29 is 9.53 Å². The maximum absolute atomic E-state index is 12.2. The van der Waals surface area contributed by atoms with Gasteiger partial charge in [0.15, 0.2) is 0 Å². The maximum Gasteiger partial charge on any atom is 0.267 e. The molecule has 0 radical (unpaired) electrons. The third kappa shape index (κ3) is 3.23. The van der Waals surface area contributed by atoms with Crippen LogP contribution in [0.2, 0.25) is 0 Å². The zero-order valence-corrected chi connectivity index (χ0v) is 11.9. The van der Waals surface area contributed by atoms with Crippen molar-refractivity contribution in [2.75, 3.05) is 0 Å². The van der Waals surface area contributed by atoms with E-state index in [1.807, 2.05) is 12.1 Å². The molecule has 1 heterocycles. The van der Waals surface area contributed by atoms with Gasteiger partial charge in [-0.2, -0.15) is 0 Å². The van der Waals surface area contributed by atoms with Crippen LogP contribution in [0.3, 0.4) is 0 Å². The Labute approximate surface area is 120 Å². The molecule has 0 saturated heterocycles. The molecule has 0 spiro atoms. The molecule has 110 valence electrons. The molecule has 2 saturated carbocycles. The smallest absolute Gasteiger partial charge is 0.267 e. The average molecular weight is 276 g/mol. The Hall–Kier alpha value is -1.29. The zero-order chi connectivity index (χ0) is 13.8. The molecule has 2 N–H and O–H groups in total. The highest BCUT2D eigenvalue weighted by Gasteiger charge is 2.30. The molecule has 0 aromatic carbocycles. The summed E-state index contributed by atoms with van der Waals surface area (Å²) in [6.07, 6.45) is 11.9. The van der Waals surface area contributed by atoms with Gasteiger partial charge in [0.1, 0.15) is 5.69 Å². The lowest BCUT2D eigenvalue weighted by molar-refractivity contribution is -0.0419. The molecule has 0 bridgehead atoms. The Kier molecular flexibility index (Phi) is 4.41. The molecule has 20 heavy (non-hydrogen) atoms. The van der Waals surface area contributed by atoms with Gasteiger partial charge in [0.2, 0.25) is 0 Å². The van der Waals surface area contributed by atoms with Gasteiger partial charge in [0, 0.05) is 6.20 Å². The molecule has 4 heteroatoms. The molecule has 4 nitrogen and oxygen atoms in total. The van der Waals surface area contributed by atoms with Crippen LogP contribution in [0.15, 0.2) is 18.3 Å². The third-order valence-electron chi connectivity index (χ3n) is 4.53.